The molecule has 0 aliphatic rings. The number of aromatic amines is 1. The summed E-state index contributed by atoms with van der Waals surface area (Å²) in [7, 11) is 3.15. The zero-order valence-electron chi connectivity index (χ0n) is 15.6. The van der Waals surface area contributed by atoms with Crippen molar-refractivity contribution in [3.63, 3.8) is 0 Å². The molecule has 9 nitrogen and oxygen atoms in total. The molecule has 0 fully saturated rings. The van der Waals surface area contributed by atoms with E-state index in [2.05, 4.69) is 20.6 Å². The van der Waals surface area contributed by atoms with Crippen molar-refractivity contribution >= 4 is 5.91 Å². The van der Waals surface area contributed by atoms with Gasteiger partial charge in [0.2, 0.25) is 0 Å². The Bertz CT molecular complexity index is 1010. The van der Waals surface area contributed by atoms with Crippen molar-refractivity contribution in [3.8, 4) is 22.8 Å². The molecule has 146 valence electrons. The number of aryl methyl sites for hydroxylation is 1. The number of carbonyl (C=O) groups excluding carboxylic acids is 1. The maximum absolute atomic E-state index is 12.3. The number of rotatable bonds is 8. The molecule has 9 heteroatoms. The third kappa shape index (κ3) is 4.37. The van der Waals surface area contributed by atoms with Crippen LogP contribution in [0.25, 0.3) is 11.3 Å². The Morgan fingerprint density at radius 3 is 2.82 bits per heavy atom. The molecule has 2 N–H and O–H groups in total. The van der Waals surface area contributed by atoms with Gasteiger partial charge in [-0.25, -0.2) is 4.68 Å². The van der Waals surface area contributed by atoms with E-state index in [1.54, 1.807) is 50.7 Å². The van der Waals surface area contributed by atoms with Crippen molar-refractivity contribution in [3.05, 3.63) is 58.6 Å². The molecule has 1 amide bonds. The van der Waals surface area contributed by atoms with E-state index in [-0.39, 0.29) is 11.5 Å². The van der Waals surface area contributed by atoms with E-state index >= 15 is 0 Å². The maximum Gasteiger partial charge on any atom is 0.269 e. The van der Waals surface area contributed by atoms with E-state index in [0.717, 1.165) is 0 Å². The Kier molecular flexibility index (Phi) is 6.05. The third-order valence-electron chi connectivity index (χ3n) is 4.12. The standard InChI is InChI=1S/C19H21N5O4/c1-27-13-6-7-17(28-2)14(11-13)15-12-16(23-22-15)19(26)20-8-4-10-24-18(25)5-3-9-21-24/h3,5-7,9,11-12H,4,8,10H2,1-2H3,(H,20,26)(H,22,23). The molecule has 0 aliphatic heterocycles. The van der Waals surface area contributed by atoms with Crippen LogP contribution in [0.1, 0.15) is 16.9 Å². The quantitative estimate of drug-likeness (QED) is 0.570. The highest BCUT2D eigenvalue weighted by molar-refractivity contribution is 5.93. The third-order valence-corrected chi connectivity index (χ3v) is 4.12. The van der Waals surface area contributed by atoms with Gasteiger partial charge in [0.05, 0.1) is 19.9 Å². The maximum atomic E-state index is 12.3. The zero-order valence-corrected chi connectivity index (χ0v) is 15.6. The van der Waals surface area contributed by atoms with Gasteiger partial charge in [0, 0.05) is 30.9 Å². The summed E-state index contributed by atoms with van der Waals surface area (Å²) in [6, 6.07) is 10.0. The monoisotopic (exact) mass is 383 g/mol. The number of hydrogen-bond acceptors (Lipinski definition) is 6. The normalized spacial score (nSPS) is 10.5. The van der Waals surface area contributed by atoms with Crippen LogP contribution >= 0.6 is 0 Å². The molecular weight excluding hydrogens is 362 g/mol. The number of nitrogens with zero attached hydrogens (tertiary/aromatic N) is 3. The lowest BCUT2D eigenvalue weighted by Gasteiger charge is -2.08. The van der Waals surface area contributed by atoms with E-state index < -0.39 is 0 Å². The number of hydrogen-bond donors (Lipinski definition) is 2. The van der Waals surface area contributed by atoms with Gasteiger partial charge in [0.25, 0.3) is 11.5 Å². The second-order valence-corrected chi connectivity index (χ2v) is 5.93. The minimum absolute atomic E-state index is 0.167. The van der Waals surface area contributed by atoms with Crippen LogP contribution in [0.4, 0.5) is 0 Å². The van der Waals surface area contributed by atoms with Crippen LogP contribution in [0.2, 0.25) is 0 Å². The van der Waals surface area contributed by atoms with Gasteiger partial charge in [0.1, 0.15) is 17.2 Å². The van der Waals surface area contributed by atoms with Crippen molar-refractivity contribution in [2.24, 2.45) is 0 Å². The lowest BCUT2D eigenvalue weighted by atomic mass is 10.1. The minimum atomic E-state index is -0.283. The summed E-state index contributed by atoms with van der Waals surface area (Å²) >= 11 is 0. The van der Waals surface area contributed by atoms with E-state index in [9.17, 15) is 9.59 Å². The van der Waals surface area contributed by atoms with Crippen molar-refractivity contribution in [2.45, 2.75) is 13.0 Å². The molecule has 3 aromatic rings. The summed E-state index contributed by atoms with van der Waals surface area (Å²) in [6.45, 7) is 0.827. The summed E-state index contributed by atoms with van der Waals surface area (Å²) in [5.74, 6) is 1.00. The largest absolute Gasteiger partial charge is 0.497 e. The van der Waals surface area contributed by atoms with Crippen LogP contribution in [0.15, 0.2) is 47.4 Å². The van der Waals surface area contributed by atoms with E-state index in [1.165, 1.54) is 10.7 Å². The predicted octanol–water partition coefficient (Wildman–Crippen LogP) is 1.47. The summed E-state index contributed by atoms with van der Waals surface area (Å²) in [4.78, 5) is 23.9. The van der Waals surface area contributed by atoms with Crippen molar-refractivity contribution in [2.75, 3.05) is 20.8 Å². The highest BCUT2D eigenvalue weighted by Crippen LogP contribution is 2.32. The van der Waals surface area contributed by atoms with Gasteiger partial charge in [-0.15, -0.1) is 0 Å². The average Bonchev–Trinajstić information content (AvgIpc) is 3.22. The van der Waals surface area contributed by atoms with Crippen LogP contribution in [-0.4, -0.2) is 46.6 Å². The van der Waals surface area contributed by atoms with Crippen molar-refractivity contribution < 1.29 is 14.3 Å². The molecule has 1 aromatic carbocycles. The Morgan fingerprint density at radius 1 is 1.21 bits per heavy atom. The number of aromatic nitrogens is 4. The average molecular weight is 383 g/mol. The fourth-order valence-electron chi connectivity index (χ4n) is 2.67. The second kappa shape index (κ2) is 8.85. The Labute approximate surface area is 161 Å². The van der Waals surface area contributed by atoms with Crippen LogP contribution < -0.4 is 20.3 Å². The van der Waals surface area contributed by atoms with E-state index in [1.807, 2.05) is 0 Å². The molecule has 3 rings (SSSR count). The number of carbonyl (C=O) groups is 1. The summed E-state index contributed by atoms with van der Waals surface area (Å²) in [5, 5.41) is 13.7. The van der Waals surface area contributed by atoms with Gasteiger partial charge in [0.15, 0.2) is 0 Å². The highest BCUT2D eigenvalue weighted by Gasteiger charge is 2.14. The van der Waals surface area contributed by atoms with Crippen LogP contribution in [0.3, 0.4) is 0 Å². The molecule has 0 unspecified atom stereocenters. The van der Waals surface area contributed by atoms with Gasteiger partial charge in [-0.2, -0.15) is 10.2 Å². The first kappa shape index (κ1) is 19.2. The highest BCUT2D eigenvalue weighted by atomic mass is 16.5. The van der Waals surface area contributed by atoms with Gasteiger partial charge in [-0.1, -0.05) is 0 Å². The summed E-state index contributed by atoms with van der Waals surface area (Å²) in [6.07, 6.45) is 2.13. The lowest BCUT2D eigenvalue weighted by Crippen LogP contribution is -2.28. The van der Waals surface area contributed by atoms with Crippen molar-refractivity contribution in [1.82, 2.24) is 25.3 Å². The van der Waals surface area contributed by atoms with Gasteiger partial charge >= 0.3 is 0 Å². The number of amides is 1. The number of nitrogens with one attached hydrogen (secondary N) is 2. The first-order chi connectivity index (χ1) is 13.6. The predicted molar refractivity (Wildman–Crippen MR) is 103 cm³/mol. The molecule has 0 bridgehead atoms. The first-order valence-electron chi connectivity index (χ1n) is 8.70. The van der Waals surface area contributed by atoms with Crippen molar-refractivity contribution in [1.29, 1.82) is 0 Å². The molecule has 0 aliphatic carbocycles. The topological polar surface area (TPSA) is 111 Å². The summed E-state index contributed by atoms with van der Waals surface area (Å²) < 4.78 is 12.0. The molecule has 0 saturated carbocycles. The Balaban J connectivity index is 1.61. The smallest absolute Gasteiger partial charge is 0.269 e. The van der Waals surface area contributed by atoms with E-state index in [0.29, 0.717) is 48.0 Å². The molecule has 0 atom stereocenters. The Hall–Kier alpha value is -3.62. The lowest BCUT2D eigenvalue weighted by molar-refractivity contribution is 0.0947. The molecule has 0 spiro atoms. The molecule has 0 saturated heterocycles. The van der Waals surface area contributed by atoms with Gasteiger partial charge in [-0.05, 0) is 36.8 Å². The molecule has 28 heavy (non-hydrogen) atoms. The van der Waals surface area contributed by atoms with Crippen LogP contribution in [0.5, 0.6) is 11.5 Å². The fourth-order valence-corrected chi connectivity index (χ4v) is 2.67. The molecule has 2 aromatic heterocycles. The Morgan fingerprint density at radius 2 is 2.07 bits per heavy atom. The number of H-pyrrole nitrogens is 1. The van der Waals surface area contributed by atoms with Crippen LogP contribution in [-0.2, 0) is 6.54 Å². The second-order valence-electron chi connectivity index (χ2n) is 5.93. The number of methoxy groups -OCH3 is 2. The summed E-state index contributed by atoms with van der Waals surface area (Å²) in [5.41, 5.74) is 1.45. The fraction of sp³-hybridized carbons (Fsp3) is 0.263. The number of ether oxygens (including phenoxy) is 2. The van der Waals surface area contributed by atoms with Crippen LogP contribution in [0, 0.1) is 0 Å². The number of benzene rings is 1. The van der Waals surface area contributed by atoms with Gasteiger partial charge in [-0.3, -0.25) is 14.7 Å². The van der Waals surface area contributed by atoms with Gasteiger partial charge < -0.3 is 14.8 Å². The molecule has 2 heterocycles. The first-order valence-corrected chi connectivity index (χ1v) is 8.70. The SMILES string of the molecule is COc1ccc(OC)c(-c2cc(C(=O)NCCCn3ncccc3=O)[nH]n2)c1. The minimum Gasteiger partial charge on any atom is -0.497 e. The molecular formula is C19H21N5O4. The zero-order chi connectivity index (χ0) is 19.9. The van der Waals surface area contributed by atoms with E-state index in [4.69, 9.17) is 9.47 Å². The molecule has 0 radical (unpaired) electrons.